The molecule has 0 aliphatic carbocycles. The molecule has 72 valence electrons. The Bertz CT molecular complexity index is 395. The number of rotatable bonds is 3. The first-order valence-electron chi connectivity index (χ1n) is 4.36. The van der Waals surface area contributed by atoms with E-state index in [2.05, 4.69) is 15.1 Å². The molecular weight excluding hydrogens is 178 g/mol. The molecule has 0 aliphatic heterocycles. The molecule has 0 fully saturated rings. The molecule has 0 aromatic carbocycles. The summed E-state index contributed by atoms with van der Waals surface area (Å²) in [5, 5.41) is 4.18. The molecule has 2 aromatic rings. The molecule has 2 heterocycles. The predicted molar refractivity (Wildman–Crippen MR) is 51.3 cm³/mol. The molecule has 0 spiro atoms. The van der Waals surface area contributed by atoms with Gasteiger partial charge in [-0.2, -0.15) is 5.10 Å². The van der Waals surface area contributed by atoms with E-state index < -0.39 is 0 Å². The van der Waals surface area contributed by atoms with Gasteiger partial charge in [-0.25, -0.2) is 9.67 Å². The van der Waals surface area contributed by atoms with E-state index in [1.54, 1.807) is 23.4 Å². The van der Waals surface area contributed by atoms with Gasteiger partial charge in [0.05, 0.1) is 13.1 Å². The Morgan fingerprint density at radius 2 is 2.07 bits per heavy atom. The molecule has 0 unspecified atom stereocenters. The van der Waals surface area contributed by atoms with Crippen LogP contribution in [0, 0.1) is 0 Å². The van der Waals surface area contributed by atoms with Gasteiger partial charge in [0, 0.05) is 12.4 Å². The number of hydrogen-bond donors (Lipinski definition) is 1. The van der Waals surface area contributed by atoms with Crippen LogP contribution in [0.3, 0.4) is 0 Å². The van der Waals surface area contributed by atoms with Crippen LogP contribution in [0.15, 0.2) is 30.9 Å². The van der Waals surface area contributed by atoms with Crippen molar-refractivity contribution in [3.05, 3.63) is 42.2 Å². The molecule has 0 atom stereocenters. The Morgan fingerprint density at radius 3 is 2.71 bits per heavy atom. The van der Waals surface area contributed by atoms with Crippen LogP contribution >= 0.6 is 0 Å². The molecule has 0 saturated heterocycles. The van der Waals surface area contributed by atoms with Crippen molar-refractivity contribution in [3.63, 3.8) is 0 Å². The summed E-state index contributed by atoms with van der Waals surface area (Å²) in [6.07, 6.45) is 5.20. The second-order valence-electron chi connectivity index (χ2n) is 2.92. The van der Waals surface area contributed by atoms with E-state index in [-0.39, 0.29) is 0 Å². The first kappa shape index (κ1) is 8.83. The molecule has 14 heavy (non-hydrogen) atoms. The zero-order chi connectivity index (χ0) is 9.80. The maximum atomic E-state index is 5.41. The molecule has 0 radical (unpaired) electrons. The van der Waals surface area contributed by atoms with Crippen LogP contribution in [-0.4, -0.2) is 19.7 Å². The van der Waals surface area contributed by atoms with Crippen LogP contribution < -0.4 is 5.73 Å². The summed E-state index contributed by atoms with van der Waals surface area (Å²) in [7, 11) is 0. The minimum atomic E-state index is 0.378. The van der Waals surface area contributed by atoms with Gasteiger partial charge in [0.25, 0.3) is 0 Å². The minimum Gasteiger partial charge on any atom is -0.324 e. The van der Waals surface area contributed by atoms with E-state index in [4.69, 9.17) is 5.73 Å². The van der Waals surface area contributed by atoms with Crippen molar-refractivity contribution in [2.45, 2.75) is 13.1 Å². The summed E-state index contributed by atoms with van der Waals surface area (Å²) < 4.78 is 1.76. The lowest BCUT2D eigenvalue weighted by Crippen LogP contribution is -2.03. The summed E-state index contributed by atoms with van der Waals surface area (Å²) in [6.45, 7) is 1.08. The van der Waals surface area contributed by atoms with Crippen LogP contribution in [0.2, 0.25) is 0 Å². The number of nitrogens with zero attached hydrogens (tertiary/aromatic N) is 4. The average Bonchev–Trinajstić information content (AvgIpc) is 2.67. The fraction of sp³-hybridized carbons (Fsp3) is 0.222. The van der Waals surface area contributed by atoms with Crippen molar-refractivity contribution in [2.75, 3.05) is 0 Å². The SMILES string of the molecule is NCc1ncn(Cc2ccncc2)n1. The Balaban J connectivity index is 2.11. The normalized spacial score (nSPS) is 10.4. The van der Waals surface area contributed by atoms with E-state index in [9.17, 15) is 0 Å². The third kappa shape index (κ3) is 1.94. The van der Waals surface area contributed by atoms with Crippen molar-refractivity contribution in [1.82, 2.24) is 19.7 Å². The van der Waals surface area contributed by atoms with E-state index in [1.165, 1.54) is 0 Å². The largest absolute Gasteiger partial charge is 0.324 e. The number of hydrogen-bond acceptors (Lipinski definition) is 4. The van der Waals surface area contributed by atoms with Crippen molar-refractivity contribution in [2.24, 2.45) is 5.73 Å². The zero-order valence-corrected chi connectivity index (χ0v) is 7.67. The first-order valence-corrected chi connectivity index (χ1v) is 4.36. The second kappa shape index (κ2) is 3.97. The van der Waals surface area contributed by atoms with Gasteiger partial charge in [0.2, 0.25) is 0 Å². The van der Waals surface area contributed by atoms with Crippen LogP contribution in [0.1, 0.15) is 11.4 Å². The molecule has 0 bridgehead atoms. The summed E-state index contributed by atoms with van der Waals surface area (Å²) in [6, 6.07) is 3.90. The van der Waals surface area contributed by atoms with Crippen molar-refractivity contribution in [1.29, 1.82) is 0 Å². The first-order chi connectivity index (χ1) is 6.88. The lowest BCUT2D eigenvalue weighted by molar-refractivity contribution is 0.671. The summed E-state index contributed by atoms with van der Waals surface area (Å²) >= 11 is 0. The predicted octanol–water partition coefficient (Wildman–Crippen LogP) is 0.180. The maximum absolute atomic E-state index is 5.41. The summed E-state index contributed by atoms with van der Waals surface area (Å²) in [4.78, 5) is 7.99. The Kier molecular flexibility index (Phi) is 2.51. The Hall–Kier alpha value is -1.75. The highest BCUT2D eigenvalue weighted by molar-refractivity contribution is 5.09. The van der Waals surface area contributed by atoms with Crippen LogP contribution in [-0.2, 0) is 13.1 Å². The fourth-order valence-electron chi connectivity index (χ4n) is 1.18. The third-order valence-corrected chi connectivity index (χ3v) is 1.86. The minimum absolute atomic E-state index is 0.378. The summed E-state index contributed by atoms with van der Waals surface area (Å²) in [5.41, 5.74) is 6.55. The highest BCUT2D eigenvalue weighted by atomic mass is 15.3. The quantitative estimate of drug-likeness (QED) is 0.747. The average molecular weight is 189 g/mol. The molecular formula is C9H11N5. The topological polar surface area (TPSA) is 69.6 Å². The van der Waals surface area contributed by atoms with Crippen molar-refractivity contribution < 1.29 is 0 Å². The third-order valence-electron chi connectivity index (χ3n) is 1.86. The van der Waals surface area contributed by atoms with Crippen LogP contribution in [0.25, 0.3) is 0 Å². The molecule has 0 saturated carbocycles. The number of aromatic nitrogens is 4. The van der Waals surface area contributed by atoms with Gasteiger partial charge >= 0.3 is 0 Å². The number of nitrogens with two attached hydrogens (primary N) is 1. The lowest BCUT2D eigenvalue weighted by atomic mass is 10.3. The van der Waals surface area contributed by atoms with E-state index >= 15 is 0 Å². The maximum Gasteiger partial charge on any atom is 0.164 e. The Morgan fingerprint density at radius 1 is 1.29 bits per heavy atom. The molecule has 0 aliphatic rings. The highest BCUT2D eigenvalue weighted by Gasteiger charge is 1.98. The van der Waals surface area contributed by atoms with Gasteiger partial charge < -0.3 is 5.73 Å². The van der Waals surface area contributed by atoms with E-state index in [0.717, 1.165) is 5.56 Å². The van der Waals surface area contributed by atoms with Gasteiger partial charge in [-0.05, 0) is 17.7 Å². The molecule has 5 nitrogen and oxygen atoms in total. The number of pyridine rings is 1. The van der Waals surface area contributed by atoms with Gasteiger partial charge in [0.1, 0.15) is 6.33 Å². The van der Waals surface area contributed by atoms with Crippen molar-refractivity contribution in [3.8, 4) is 0 Å². The van der Waals surface area contributed by atoms with Gasteiger partial charge in [-0.3, -0.25) is 4.98 Å². The molecule has 2 rings (SSSR count). The van der Waals surface area contributed by atoms with Crippen LogP contribution in [0.4, 0.5) is 0 Å². The summed E-state index contributed by atoms with van der Waals surface area (Å²) in [5.74, 6) is 0.666. The highest BCUT2D eigenvalue weighted by Crippen LogP contribution is 1.99. The van der Waals surface area contributed by atoms with Gasteiger partial charge in [-0.1, -0.05) is 0 Å². The van der Waals surface area contributed by atoms with E-state index in [1.807, 2.05) is 12.1 Å². The van der Waals surface area contributed by atoms with Gasteiger partial charge in [-0.15, -0.1) is 0 Å². The Labute approximate surface area is 81.6 Å². The molecule has 2 aromatic heterocycles. The monoisotopic (exact) mass is 189 g/mol. The molecule has 0 amide bonds. The van der Waals surface area contributed by atoms with Crippen LogP contribution in [0.5, 0.6) is 0 Å². The lowest BCUT2D eigenvalue weighted by Gasteiger charge is -1.99. The zero-order valence-electron chi connectivity index (χ0n) is 7.67. The molecule has 5 heteroatoms. The van der Waals surface area contributed by atoms with Gasteiger partial charge in [0.15, 0.2) is 5.82 Å². The molecule has 2 N–H and O–H groups in total. The second-order valence-corrected chi connectivity index (χ2v) is 2.92. The standard InChI is InChI=1S/C9H11N5/c10-5-9-12-7-14(13-9)6-8-1-3-11-4-2-8/h1-4,7H,5-6,10H2. The smallest absolute Gasteiger partial charge is 0.164 e. The fourth-order valence-corrected chi connectivity index (χ4v) is 1.18. The van der Waals surface area contributed by atoms with E-state index in [0.29, 0.717) is 18.9 Å². The van der Waals surface area contributed by atoms with Crippen molar-refractivity contribution >= 4 is 0 Å².